The molecular weight excluding hydrogens is 128 g/mol. The number of hydrogen-bond acceptors (Lipinski definition) is 3. The first-order chi connectivity index (χ1) is 4.88. The smallest absolute Gasteiger partial charge is 0.138 e. The maximum atomic E-state index is 3.81. The fraction of sp³-hybridized carbons (Fsp3) is 0.833. The highest BCUT2D eigenvalue weighted by molar-refractivity contribution is 4.60. The predicted octanol–water partition coefficient (Wildman–Crippen LogP) is 1.03. The van der Waals surface area contributed by atoms with E-state index in [-0.39, 0.29) is 0 Å². The summed E-state index contributed by atoms with van der Waals surface area (Å²) in [6.07, 6.45) is 3.83. The van der Waals surface area contributed by atoms with E-state index in [1.807, 2.05) is 0 Å². The van der Waals surface area contributed by atoms with Gasteiger partial charge in [-0.1, -0.05) is 13.8 Å². The Labute approximate surface area is 60.2 Å². The third-order valence-electron chi connectivity index (χ3n) is 1.68. The molecule has 0 unspecified atom stereocenters. The highest BCUT2D eigenvalue weighted by Gasteiger charge is 2.04. The summed E-state index contributed by atoms with van der Waals surface area (Å²) < 4.78 is 1.81. The molecule has 56 valence electrons. The van der Waals surface area contributed by atoms with Crippen LogP contribution < -0.4 is 0 Å². The van der Waals surface area contributed by atoms with Crippen LogP contribution in [0, 0.1) is 0 Å². The lowest BCUT2D eigenvalue weighted by Gasteiger charge is -2.09. The molecule has 0 aliphatic carbocycles. The van der Waals surface area contributed by atoms with Gasteiger partial charge in [-0.05, 0) is 23.3 Å². The van der Waals surface area contributed by atoms with Crippen LogP contribution in [0.1, 0.15) is 32.7 Å². The molecule has 1 rings (SSSR count). The van der Waals surface area contributed by atoms with Crippen LogP contribution in [-0.2, 0) is 0 Å². The Bertz CT molecular complexity index is 166. The first kappa shape index (κ1) is 7.18. The molecule has 0 radical (unpaired) electrons. The van der Waals surface area contributed by atoms with Crippen molar-refractivity contribution in [1.82, 2.24) is 20.2 Å². The molecule has 1 heterocycles. The van der Waals surface area contributed by atoms with Crippen LogP contribution in [0.4, 0.5) is 0 Å². The molecule has 10 heavy (non-hydrogen) atoms. The first-order valence-electron chi connectivity index (χ1n) is 3.61. The lowest BCUT2D eigenvalue weighted by molar-refractivity contribution is 0.418. The third-order valence-corrected chi connectivity index (χ3v) is 1.68. The van der Waals surface area contributed by atoms with Crippen LogP contribution >= 0.6 is 0 Å². The second-order valence-corrected chi connectivity index (χ2v) is 2.26. The van der Waals surface area contributed by atoms with Gasteiger partial charge in [0.1, 0.15) is 6.33 Å². The number of nitrogens with zero attached hydrogens (tertiary/aromatic N) is 4. The van der Waals surface area contributed by atoms with Crippen LogP contribution in [0.2, 0.25) is 0 Å². The topological polar surface area (TPSA) is 43.6 Å². The van der Waals surface area contributed by atoms with E-state index in [1.165, 1.54) is 0 Å². The first-order valence-corrected chi connectivity index (χ1v) is 3.61. The molecule has 4 nitrogen and oxygen atoms in total. The van der Waals surface area contributed by atoms with E-state index in [2.05, 4.69) is 29.4 Å². The molecule has 1 aromatic rings. The fourth-order valence-electron chi connectivity index (χ4n) is 0.998. The molecule has 0 saturated carbocycles. The molecule has 1 aromatic heterocycles. The summed E-state index contributed by atoms with van der Waals surface area (Å²) in [5, 5.41) is 11.0. The van der Waals surface area contributed by atoms with E-state index in [4.69, 9.17) is 0 Å². The second-order valence-electron chi connectivity index (χ2n) is 2.26. The van der Waals surface area contributed by atoms with Crippen molar-refractivity contribution in [3.8, 4) is 0 Å². The molecule has 0 fully saturated rings. The number of aromatic nitrogens is 4. The summed E-state index contributed by atoms with van der Waals surface area (Å²) >= 11 is 0. The lowest BCUT2D eigenvalue weighted by Crippen LogP contribution is -2.07. The van der Waals surface area contributed by atoms with Crippen LogP contribution in [0.25, 0.3) is 0 Å². The van der Waals surface area contributed by atoms with Crippen molar-refractivity contribution in [2.24, 2.45) is 0 Å². The SMILES string of the molecule is CCC(CC)n1cnnn1. The molecule has 0 N–H and O–H groups in total. The van der Waals surface area contributed by atoms with Gasteiger partial charge in [-0.3, -0.25) is 0 Å². The van der Waals surface area contributed by atoms with Gasteiger partial charge in [0, 0.05) is 0 Å². The van der Waals surface area contributed by atoms with Gasteiger partial charge in [0.25, 0.3) is 0 Å². The highest BCUT2D eigenvalue weighted by atomic mass is 15.5. The van der Waals surface area contributed by atoms with E-state index in [9.17, 15) is 0 Å². The normalized spacial score (nSPS) is 10.7. The quantitative estimate of drug-likeness (QED) is 0.630. The van der Waals surface area contributed by atoms with Crippen LogP contribution in [0.15, 0.2) is 6.33 Å². The summed E-state index contributed by atoms with van der Waals surface area (Å²) in [7, 11) is 0. The summed E-state index contributed by atoms with van der Waals surface area (Å²) in [5.74, 6) is 0. The maximum absolute atomic E-state index is 3.81. The van der Waals surface area contributed by atoms with Gasteiger partial charge in [0.2, 0.25) is 0 Å². The summed E-state index contributed by atoms with van der Waals surface area (Å²) in [6.45, 7) is 4.27. The zero-order chi connectivity index (χ0) is 7.40. The van der Waals surface area contributed by atoms with Gasteiger partial charge in [0.15, 0.2) is 0 Å². The van der Waals surface area contributed by atoms with Crippen molar-refractivity contribution < 1.29 is 0 Å². The molecular formula is C6H12N4. The van der Waals surface area contributed by atoms with Crippen molar-refractivity contribution in [1.29, 1.82) is 0 Å². The standard InChI is InChI=1S/C6H12N4/c1-3-6(4-2)10-5-7-8-9-10/h5-6H,3-4H2,1-2H3. The van der Waals surface area contributed by atoms with E-state index in [0.717, 1.165) is 12.8 Å². The maximum Gasteiger partial charge on any atom is 0.138 e. The Morgan fingerprint density at radius 1 is 1.40 bits per heavy atom. The number of hydrogen-bond donors (Lipinski definition) is 0. The van der Waals surface area contributed by atoms with Crippen molar-refractivity contribution in [3.63, 3.8) is 0 Å². The highest BCUT2D eigenvalue weighted by Crippen LogP contribution is 2.11. The van der Waals surface area contributed by atoms with E-state index < -0.39 is 0 Å². The second kappa shape index (κ2) is 3.29. The Kier molecular flexibility index (Phi) is 2.36. The van der Waals surface area contributed by atoms with E-state index >= 15 is 0 Å². The third kappa shape index (κ3) is 1.32. The minimum Gasteiger partial charge on any atom is -0.229 e. The summed E-state index contributed by atoms with van der Waals surface area (Å²) in [6, 6.07) is 0.468. The fourth-order valence-corrected chi connectivity index (χ4v) is 0.998. The van der Waals surface area contributed by atoms with Crippen LogP contribution in [-0.4, -0.2) is 20.2 Å². The summed E-state index contributed by atoms with van der Waals surface area (Å²) in [4.78, 5) is 0. The lowest BCUT2D eigenvalue weighted by atomic mass is 10.2. The predicted molar refractivity (Wildman–Crippen MR) is 37.4 cm³/mol. The average Bonchev–Trinajstić information content (AvgIpc) is 2.43. The van der Waals surface area contributed by atoms with E-state index in [1.54, 1.807) is 11.0 Å². The minimum atomic E-state index is 0.468. The van der Waals surface area contributed by atoms with Gasteiger partial charge < -0.3 is 0 Å². The Morgan fingerprint density at radius 3 is 2.50 bits per heavy atom. The zero-order valence-electron chi connectivity index (χ0n) is 6.36. The molecule has 0 saturated heterocycles. The Hall–Kier alpha value is -0.930. The molecule has 0 atom stereocenters. The molecule has 0 aliphatic rings. The van der Waals surface area contributed by atoms with Crippen LogP contribution in [0.5, 0.6) is 0 Å². The van der Waals surface area contributed by atoms with Gasteiger partial charge in [-0.25, -0.2) is 4.68 Å². The van der Waals surface area contributed by atoms with Crippen molar-refractivity contribution in [3.05, 3.63) is 6.33 Å². The molecule has 0 aromatic carbocycles. The van der Waals surface area contributed by atoms with Gasteiger partial charge in [-0.2, -0.15) is 0 Å². The van der Waals surface area contributed by atoms with Gasteiger partial charge in [-0.15, -0.1) is 5.10 Å². The molecule has 4 heteroatoms. The molecule has 0 spiro atoms. The molecule has 0 aliphatic heterocycles. The van der Waals surface area contributed by atoms with Crippen molar-refractivity contribution >= 4 is 0 Å². The largest absolute Gasteiger partial charge is 0.229 e. The molecule has 0 bridgehead atoms. The zero-order valence-corrected chi connectivity index (χ0v) is 6.36. The molecule has 0 amide bonds. The monoisotopic (exact) mass is 140 g/mol. The van der Waals surface area contributed by atoms with E-state index in [0.29, 0.717) is 6.04 Å². The summed E-state index contributed by atoms with van der Waals surface area (Å²) in [5.41, 5.74) is 0. The number of tetrazole rings is 1. The van der Waals surface area contributed by atoms with Crippen molar-refractivity contribution in [2.75, 3.05) is 0 Å². The van der Waals surface area contributed by atoms with Gasteiger partial charge >= 0.3 is 0 Å². The van der Waals surface area contributed by atoms with Crippen LogP contribution in [0.3, 0.4) is 0 Å². The Morgan fingerprint density at radius 2 is 2.10 bits per heavy atom. The number of rotatable bonds is 3. The van der Waals surface area contributed by atoms with Crippen molar-refractivity contribution in [2.45, 2.75) is 32.7 Å². The average molecular weight is 140 g/mol. The Balaban J connectivity index is 2.64. The minimum absolute atomic E-state index is 0.468. The van der Waals surface area contributed by atoms with Gasteiger partial charge in [0.05, 0.1) is 6.04 Å².